The van der Waals surface area contributed by atoms with E-state index in [9.17, 15) is 4.79 Å². The van der Waals surface area contributed by atoms with Gasteiger partial charge in [0.25, 0.3) is 0 Å². The number of carbonyl (C=O) groups is 1. The molecule has 0 saturated heterocycles. The molecule has 0 aliphatic rings. The van der Waals surface area contributed by atoms with Gasteiger partial charge in [-0.3, -0.25) is 4.98 Å². The van der Waals surface area contributed by atoms with E-state index < -0.39 is 6.03 Å². The third-order valence-corrected chi connectivity index (χ3v) is 5.14. The summed E-state index contributed by atoms with van der Waals surface area (Å²) in [6.45, 7) is 0. The molecule has 0 radical (unpaired) electrons. The zero-order valence-corrected chi connectivity index (χ0v) is 18.6. The number of nitrogen functional groups attached to an aromatic ring is 1. The fraction of sp³-hybridized carbons (Fsp3) is 0.0833. The van der Waals surface area contributed by atoms with E-state index in [2.05, 4.69) is 15.6 Å². The molecule has 3 aromatic carbocycles. The second-order valence-corrected chi connectivity index (χ2v) is 7.38. The summed E-state index contributed by atoms with van der Waals surface area (Å²) in [6.07, 6.45) is 1.66. The minimum Gasteiger partial charge on any atom is -0.493 e. The number of ether oxygens (including phenoxy) is 3. The van der Waals surface area contributed by atoms with E-state index >= 15 is 0 Å². The van der Waals surface area contributed by atoms with Crippen molar-refractivity contribution in [3.8, 4) is 23.0 Å². The quantitative estimate of drug-likeness (QED) is 0.305. The predicted octanol–water partition coefficient (Wildman–Crippen LogP) is 5.92. The number of hydrogen-bond acceptors (Lipinski definition) is 6. The molecule has 4 N–H and O–H groups in total. The van der Waals surface area contributed by atoms with Crippen LogP contribution < -0.4 is 30.6 Å². The molecule has 4 aromatic rings. The van der Waals surface area contributed by atoms with Crippen LogP contribution in [0.25, 0.3) is 10.9 Å². The summed E-state index contributed by atoms with van der Waals surface area (Å²) in [5, 5.41) is 6.66. The minimum absolute atomic E-state index is 0.385. The van der Waals surface area contributed by atoms with Crippen LogP contribution >= 0.6 is 11.6 Å². The summed E-state index contributed by atoms with van der Waals surface area (Å²) in [5.41, 5.74) is 7.98. The van der Waals surface area contributed by atoms with Crippen molar-refractivity contribution in [3.05, 3.63) is 71.9 Å². The Hall–Kier alpha value is -4.17. The number of pyridine rings is 1. The SMILES string of the molecule is COc1cc2nccc(Oc3ccc(NC(=O)Nc4ccc(Cl)c(N)c4)cc3)c2cc1OC. The van der Waals surface area contributed by atoms with E-state index in [-0.39, 0.29) is 0 Å². The van der Waals surface area contributed by atoms with Gasteiger partial charge in [-0.05, 0) is 54.6 Å². The maximum atomic E-state index is 12.3. The van der Waals surface area contributed by atoms with Crippen molar-refractivity contribution in [2.45, 2.75) is 0 Å². The van der Waals surface area contributed by atoms with Crippen molar-refractivity contribution in [3.63, 3.8) is 0 Å². The Balaban J connectivity index is 1.47. The van der Waals surface area contributed by atoms with Crippen LogP contribution in [0.4, 0.5) is 21.9 Å². The van der Waals surface area contributed by atoms with Gasteiger partial charge in [-0.1, -0.05) is 11.6 Å². The molecule has 0 aliphatic carbocycles. The average molecular weight is 465 g/mol. The number of rotatable bonds is 6. The van der Waals surface area contributed by atoms with E-state index in [1.807, 2.05) is 6.07 Å². The molecule has 0 atom stereocenters. The molecular weight excluding hydrogens is 444 g/mol. The number of methoxy groups -OCH3 is 2. The number of fused-ring (bicyclic) bond motifs is 1. The van der Waals surface area contributed by atoms with Crippen LogP contribution in [0.2, 0.25) is 5.02 Å². The molecule has 1 aromatic heterocycles. The van der Waals surface area contributed by atoms with Crippen LogP contribution in [-0.4, -0.2) is 25.2 Å². The summed E-state index contributed by atoms with van der Waals surface area (Å²) >= 11 is 5.90. The Labute approximate surface area is 195 Å². The Kier molecular flexibility index (Phi) is 6.37. The smallest absolute Gasteiger partial charge is 0.323 e. The normalized spacial score (nSPS) is 10.5. The fourth-order valence-corrected chi connectivity index (χ4v) is 3.30. The van der Waals surface area contributed by atoms with E-state index in [0.29, 0.717) is 50.6 Å². The summed E-state index contributed by atoms with van der Waals surface area (Å²) in [5.74, 6) is 2.37. The van der Waals surface area contributed by atoms with E-state index in [0.717, 1.165) is 5.39 Å². The van der Waals surface area contributed by atoms with Crippen molar-refractivity contribution in [2.75, 3.05) is 30.6 Å². The monoisotopic (exact) mass is 464 g/mol. The predicted molar refractivity (Wildman–Crippen MR) is 130 cm³/mol. The lowest BCUT2D eigenvalue weighted by atomic mass is 10.2. The highest BCUT2D eigenvalue weighted by Gasteiger charge is 2.12. The van der Waals surface area contributed by atoms with Crippen molar-refractivity contribution < 1.29 is 19.0 Å². The Bertz CT molecular complexity index is 1310. The largest absolute Gasteiger partial charge is 0.493 e. The number of urea groups is 1. The molecule has 1 heterocycles. The van der Waals surface area contributed by atoms with Gasteiger partial charge in [0.1, 0.15) is 11.5 Å². The summed E-state index contributed by atoms with van der Waals surface area (Å²) < 4.78 is 16.8. The van der Waals surface area contributed by atoms with Gasteiger partial charge in [0, 0.05) is 29.0 Å². The number of aromatic nitrogens is 1. The molecule has 8 nitrogen and oxygen atoms in total. The molecule has 0 fully saturated rings. The van der Waals surface area contributed by atoms with Crippen LogP contribution in [0.3, 0.4) is 0 Å². The molecule has 33 heavy (non-hydrogen) atoms. The van der Waals surface area contributed by atoms with Gasteiger partial charge in [0.2, 0.25) is 0 Å². The number of amides is 2. The zero-order chi connectivity index (χ0) is 23.4. The molecule has 4 rings (SSSR count). The molecule has 0 aliphatic heterocycles. The Morgan fingerprint density at radius 2 is 1.55 bits per heavy atom. The van der Waals surface area contributed by atoms with Gasteiger partial charge in [0.15, 0.2) is 11.5 Å². The number of nitrogens with zero attached hydrogens (tertiary/aromatic N) is 1. The number of anilines is 3. The van der Waals surface area contributed by atoms with Crippen molar-refractivity contribution >= 4 is 45.6 Å². The summed E-state index contributed by atoms with van der Waals surface area (Å²) in [6, 6.07) is 16.8. The first kappa shape index (κ1) is 22.0. The number of nitrogens with two attached hydrogens (primary N) is 1. The number of carbonyl (C=O) groups excluding carboxylic acids is 1. The first-order chi connectivity index (χ1) is 16.0. The standard InChI is InChI=1S/C24H21ClN4O4/c1-31-22-12-17-20(13-23(22)32-2)27-10-9-21(17)33-16-6-3-14(4-7-16)28-24(30)29-15-5-8-18(25)19(26)11-15/h3-13H,26H2,1-2H3,(H2,28,29,30). The zero-order valence-electron chi connectivity index (χ0n) is 17.9. The van der Waals surface area contributed by atoms with Crippen LogP contribution in [0.5, 0.6) is 23.0 Å². The van der Waals surface area contributed by atoms with E-state index in [1.165, 1.54) is 0 Å². The number of hydrogen-bond donors (Lipinski definition) is 3. The molecule has 2 amide bonds. The van der Waals surface area contributed by atoms with Gasteiger partial charge >= 0.3 is 6.03 Å². The lowest BCUT2D eigenvalue weighted by molar-refractivity contribution is 0.262. The molecule has 0 saturated carbocycles. The first-order valence-electron chi connectivity index (χ1n) is 9.88. The van der Waals surface area contributed by atoms with Gasteiger partial charge < -0.3 is 30.6 Å². The molecule has 9 heteroatoms. The average Bonchev–Trinajstić information content (AvgIpc) is 2.82. The van der Waals surface area contributed by atoms with Gasteiger partial charge in [-0.15, -0.1) is 0 Å². The first-order valence-corrected chi connectivity index (χ1v) is 10.3. The van der Waals surface area contributed by atoms with E-state index in [1.54, 1.807) is 75.0 Å². The maximum absolute atomic E-state index is 12.3. The van der Waals surface area contributed by atoms with Crippen molar-refractivity contribution in [2.24, 2.45) is 0 Å². The summed E-state index contributed by atoms with van der Waals surface area (Å²) in [7, 11) is 3.15. The number of halogens is 1. The van der Waals surface area contributed by atoms with E-state index in [4.69, 9.17) is 31.5 Å². The van der Waals surface area contributed by atoms with Crippen LogP contribution in [-0.2, 0) is 0 Å². The highest BCUT2D eigenvalue weighted by atomic mass is 35.5. The van der Waals surface area contributed by atoms with Crippen molar-refractivity contribution in [1.29, 1.82) is 0 Å². The molecule has 0 spiro atoms. The number of benzene rings is 3. The fourth-order valence-electron chi connectivity index (χ4n) is 3.18. The maximum Gasteiger partial charge on any atom is 0.323 e. The molecule has 168 valence electrons. The highest BCUT2D eigenvalue weighted by molar-refractivity contribution is 6.33. The molecule has 0 bridgehead atoms. The second-order valence-electron chi connectivity index (χ2n) is 6.98. The summed E-state index contributed by atoms with van der Waals surface area (Å²) in [4.78, 5) is 16.6. The van der Waals surface area contributed by atoms with Crippen LogP contribution in [0.15, 0.2) is 66.9 Å². The minimum atomic E-state index is -0.411. The van der Waals surface area contributed by atoms with Gasteiger partial charge in [0.05, 0.1) is 30.4 Å². The van der Waals surface area contributed by atoms with Gasteiger partial charge in [-0.25, -0.2) is 4.79 Å². The Morgan fingerprint density at radius 1 is 0.879 bits per heavy atom. The number of nitrogens with one attached hydrogen (secondary N) is 2. The van der Waals surface area contributed by atoms with Crippen LogP contribution in [0, 0.1) is 0 Å². The van der Waals surface area contributed by atoms with Crippen LogP contribution in [0.1, 0.15) is 0 Å². The Morgan fingerprint density at radius 3 is 2.24 bits per heavy atom. The third kappa shape index (κ3) is 5.02. The van der Waals surface area contributed by atoms with Gasteiger partial charge in [-0.2, -0.15) is 0 Å². The second kappa shape index (κ2) is 9.54. The lowest BCUT2D eigenvalue weighted by Crippen LogP contribution is -2.19. The molecular formula is C24H21ClN4O4. The third-order valence-electron chi connectivity index (χ3n) is 4.80. The lowest BCUT2D eigenvalue weighted by Gasteiger charge is -2.13. The topological polar surface area (TPSA) is 108 Å². The molecule has 0 unspecified atom stereocenters. The van der Waals surface area contributed by atoms with Crippen molar-refractivity contribution in [1.82, 2.24) is 4.98 Å². The highest BCUT2D eigenvalue weighted by Crippen LogP contribution is 2.37.